The number of carbonyl (C=O) groups is 1. The molecule has 1 rings (SSSR count). The summed E-state index contributed by atoms with van der Waals surface area (Å²) in [6, 6.07) is 0. The molecule has 0 aromatic carbocycles. The molecule has 116 valence electrons. The Morgan fingerprint density at radius 2 is 1.90 bits per heavy atom. The van der Waals surface area contributed by atoms with Gasteiger partial charge in [-0.15, -0.1) is 0 Å². The Bertz CT molecular complexity index is 344. The number of aldehydes is 1. The van der Waals surface area contributed by atoms with Gasteiger partial charge in [0.2, 0.25) is 0 Å². The van der Waals surface area contributed by atoms with Crippen LogP contribution in [0.1, 0.15) is 47.0 Å². The van der Waals surface area contributed by atoms with Gasteiger partial charge in [-0.05, 0) is 37.4 Å². The molecule has 3 atom stereocenters. The van der Waals surface area contributed by atoms with Gasteiger partial charge in [-0.2, -0.15) is 0 Å². The van der Waals surface area contributed by atoms with Crippen LogP contribution in [-0.4, -0.2) is 32.9 Å². The highest BCUT2D eigenvalue weighted by atomic mass is 28.4. The second-order valence-corrected chi connectivity index (χ2v) is 11.9. The highest BCUT2D eigenvalue weighted by Crippen LogP contribution is 2.38. The predicted octanol–water partition coefficient (Wildman–Crippen LogP) is 4.09. The van der Waals surface area contributed by atoms with Crippen LogP contribution < -0.4 is 0 Å². The lowest BCUT2D eigenvalue weighted by Gasteiger charge is -2.41. The molecule has 0 aromatic rings. The van der Waals surface area contributed by atoms with Gasteiger partial charge in [0.05, 0.1) is 12.2 Å². The first-order chi connectivity index (χ1) is 9.21. The summed E-state index contributed by atoms with van der Waals surface area (Å²) in [6.45, 7) is 13.4. The molecule has 0 saturated heterocycles. The van der Waals surface area contributed by atoms with E-state index in [0.29, 0.717) is 6.42 Å². The van der Waals surface area contributed by atoms with E-state index in [1.165, 1.54) is 0 Å². The number of hydrogen-bond donors (Lipinski definition) is 0. The van der Waals surface area contributed by atoms with Crippen molar-refractivity contribution in [2.24, 2.45) is 0 Å². The van der Waals surface area contributed by atoms with Gasteiger partial charge in [0.1, 0.15) is 12.4 Å². The molecule has 0 spiro atoms. The van der Waals surface area contributed by atoms with Gasteiger partial charge < -0.3 is 14.0 Å². The molecule has 1 aliphatic rings. The summed E-state index contributed by atoms with van der Waals surface area (Å²) in [5.74, 6) is 0. The molecule has 0 N–H and O–H groups in total. The van der Waals surface area contributed by atoms with Crippen LogP contribution in [0.2, 0.25) is 18.1 Å². The van der Waals surface area contributed by atoms with Crippen LogP contribution in [-0.2, 0) is 14.0 Å². The maximum Gasteiger partial charge on any atom is 0.192 e. The molecule has 3 nitrogen and oxygen atoms in total. The third kappa shape index (κ3) is 4.54. The van der Waals surface area contributed by atoms with Gasteiger partial charge in [-0.1, -0.05) is 39.8 Å². The molecular weight excluding hydrogens is 268 g/mol. The molecule has 0 bridgehead atoms. The molecule has 0 radical (unpaired) electrons. The average molecular weight is 298 g/mol. The van der Waals surface area contributed by atoms with E-state index in [2.05, 4.69) is 46.9 Å². The quantitative estimate of drug-likeness (QED) is 0.445. The van der Waals surface area contributed by atoms with Gasteiger partial charge in [0, 0.05) is 0 Å². The van der Waals surface area contributed by atoms with E-state index < -0.39 is 8.32 Å². The topological polar surface area (TPSA) is 35.5 Å². The van der Waals surface area contributed by atoms with Crippen LogP contribution in [0.3, 0.4) is 0 Å². The zero-order valence-corrected chi connectivity index (χ0v) is 14.8. The fourth-order valence-corrected chi connectivity index (χ4v) is 3.46. The first-order valence-corrected chi connectivity index (χ1v) is 10.6. The van der Waals surface area contributed by atoms with Crippen molar-refractivity contribution >= 4 is 14.6 Å². The third-order valence-corrected chi connectivity index (χ3v) is 8.98. The minimum absolute atomic E-state index is 0.00396. The lowest BCUT2D eigenvalue weighted by Crippen LogP contribution is -2.48. The second kappa shape index (κ2) is 7.01. The Hall–Kier alpha value is -0.453. The van der Waals surface area contributed by atoms with Gasteiger partial charge >= 0.3 is 0 Å². The normalized spacial score (nSPS) is 30.4. The van der Waals surface area contributed by atoms with E-state index >= 15 is 0 Å². The summed E-state index contributed by atoms with van der Waals surface area (Å²) >= 11 is 0. The fraction of sp³-hybridized carbons (Fsp3) is 0.812. The van der Waals surface area contributed by atoms with Crippen molar-refractivity contribution in [1.29, 1.82) is 0 Å². The third-order valence-electron chi connectivity index (χ3n) is 4.47. The fourth-order valence-electron chi connectivity index (χ4n) is 2.11. The van der Waals surface area contributed by atoms with E-state index in [-0.39, 0.29) is 23.4 Å². The Balaban J connectivity index is 2.87. The molecule has 0 aliphatic carbocycles. The molecule has 1 aliphatic heterocycles. The molecule has 0 aromatic heterocycles. The van der Waals surface area contributed by atoms with Crippen molar-refractivity contribution in [2.75, 3.05) is 0 Å². The number of hydrogen-bond acceptors (Lipinski definition) is 3. The SMILES string of the molecule is CC[C@H]1O[C@@H](C=O)C/C=C\C[C@H]1O[Si](C)(C)C(C)(C)C. The summed E-state index contributed by atoms with van der Waals surface area (Å²) in [5, 5.41) is 0.182. The maximum atomic E-state index is 11.0. The van der Waals surface area contributed by atoms with Gasteiger partial charge in [-0.3, -0.25) is 0 Å². The maximum absolute atomic E-state index is 11.0. The van der Waals surface area contributed by atoms with Crippen molar-refractivity contribution in [1.82, 2.24) is 0 Å². The van der Waals surface area contributed by atoms with Gasteiger partial charge in [-0.25, -0.2) is 0 Å². The highest BCUT2D eigenvalue weighted by Gasteiger charge is 2.41. The van der Waals surface area contributed by atoms with Crippen LogP contribution in [0, 0.1) is 0 Å². The smallest absolute Gasteiger partial charge is 0.192 e. The molecule has 0 unspecified atom stereocenters. The molecule has 0 amide bonds. The van der Waals surface area contributed by atoms with E-state index in [4.69, 9.17) is 9.16 Å². The summed E-state index contributed by atoms with van der Waals surface area (Å²) in [6.07, 6.45) is 7.22. The van der Waals surface area contributed by atoms with Crippen LogP contribution in [0.25, 0.3) is 0 Å². The van der Waals surface area contributed by atoms with Crippen LogP contribution in [0.4, 0.5) is 0 Å². The zero-order valence-electron chi connectivity index (χ0n) is 13.8. The number of rotatable bonds is 4. The highest BCUT2D eigenvalue weighted by molar-refractivity contribution is 6.74. The molecule has 0 saturated carbocycles. The largest absolute Gasteiger partial charge is 0.411 e. The number of carbonyl (C=O) groups excluding carboxylic acids is 1. The van der Waals surface area contributed by atoms with E-state index in [0.717, 1.165) is 19.1 Å². The number of ether oxygens (including phenoxy) is 1. The van der Waals surface area contributed by atoms with E-state index in [1.807, 2.05) is 6.08 Å². The lowest BCUT2D eigenvalue weighted by molar-refractivity contribution is -0.127. The van der Waals surface area contributed by atoms with Crippen LogP contribution in [0.15, 0.2) is 12.2 Å². The minimum Gasteiger partial charge on any atom is -0.411 e. The lowest BCUT2D eigenvalue weighted by atomic mass is 10.0. The Morgan fingerprint density at radius 3 is 2.40 bits per heavy atom. The molecule has 1 heterocycles. The van der Waals surface area contributed by atoms with Crippen LogP contribution >= 0.6 is 0 Å². The molecule has 4 heteroatoms. The Morgan fingerprint density at radius 1 is 1.30 bits per heavy atom. The standard InChI is InChI=1S/C16H30O3Si/c1-7-14-15(19-20(5,6)16(2,3)4)11-9-8-10-13(12-17)18-14/h8-9,12-15H,7,10-11H2,1-6H3/b9-8-/t13-,14-,15-/m1/s1. The van der Waals surface area contributed by atoms with Gasteiger partial charge in [0.25, 0.3) is 0 Å². The van der Waals surface area contributed by atoms with E-state index in [1.54, 1.807) is 0 Å². The Kier molecular flexibility index (Phi) is 6.17. The summed E-state index contributed by atoms with van der Waals surface area (Å²) < 4.78 is 12.5. The Labute approximate surface area is 124 Å². The molecule has 0 fully saturated rings. The van der Waals surface area contributed by atoms with Crippen LogP contribution in [0.5, 0.6) is 0 Å². The van der Waals surface area contributed by atoms with Crippen molar-refractivity contribution in [3.63, 3.8) is 0 Å². The van der Waals surface area contributed by atoms with Gasteiger partial charge in [0.15, 0.2) is 8.32 Å². The van der Waals surface area contributed by atoms with Crippen molar-refractivity contribution < 1.29 is 14.0 Å². The molecule has 20 heavy (non-hydrogen) atoms. The summed E-state index contributed by atoms with van der Waals surface area (Å²) in [5.41, 5.74) is 0. The van der Waals surface area contributed by atoms with Crippen molar-refractivity contribution in [2.45, 2.75) is 83.4 Å². The first-order valence-electron chi connectivity index (χ1n) is 7.65. The first kappa shape index (κ1) is 17.6. The minimum atomic E-state index is -1.82. The zero-order chi connectivity index (χ0) is 15.4. The van der Waals surface area contributed by atoms with E-state index in [9.17, 15) is 4.79 Å². The summed E-state index contributed by atoms with van der Waals surface area (Å²) in [4.78, 5) is 11.0. The van der Waals surface area contributed by atoms with Crippen molar-refractivity contribution in [3.05, 3.63) is 12.2 Å². The molecular formula is C16H30O3Si. The monoisotopic (exact) mass is 298 g/mol. The summed E-state index contributed by atoms with van der Waals surface area (Å²) in [7, 11) is -1.82. The predicted molar refractivity (Wildman–Crippen MR) is 85.5 cm³/mol. The second-order valence-electron chi connectivity index (χ2n) is 7.12. The van der Waals surface area contributed by atoms with Crippen molar-refractivity contribution in [3.8, 4) is 0 Å². The average Bonchev–Trinajstić information content (AvgIpc) is 2.32.